The molecule has 1 fully saturated rings. The van der Waals surface area contributed by atoms with Gasteiger partial charge >= 0.3 is 0 Å². The first kappa shape index (κ1) is 11.4. The van der Waals surface area contributed by atoms with Crippen LogP contribution in [0.1, 0.15) is 36.9 Å². The van der Waals surface area contributed by atoms with E-state index in [4.69, 9.17) is 9.84 Å². The minimum Gasteiger partial charge on any atom is -0.493 e. The van der Waals surface area contributed by atoms with E-state index < -0.39 is 0 Å². The van der Waals surface area contributed by atoms with Crippen molar-refractivity contribution in [3.05, 3.63) is 23.5 Å². The van der Waals surface area contributed by atoms with E-state index in [2.05, 4.69) is 4.98 Å². The molecule has 1 aliphatic rings. The van der Waals surface area contributed by atoms with E-state index in [9.17, 15) is 0 Å². The minimum atomic E-state index is -0.00789. The third kappa shape index (κ3) is 2.73. The Labute approximate surface area is 96.5 Å². The Morgan fingerprint density at radius 3 is 2.94 bits per heavy atom. The van der Waals surface area contributed by atoms with Crippen molar-refractivity contribution >= 4 is 0 Å². The molecule has 3 heteroatoms. The average Bonchev–Trinajstić information content (AvgIpc) is 2.22. The summed E-state index contributed by atoms with van der Waals surface area (Å²) in [7, 11) is 0. The number of nitrogens with zero attached hydrogens (tertiary/aromatic N) is 1. The first-order valence-electron chi connectivity index (χ1n) is 5.99. The van der Waals surface area contributed by atoms with Gasteiger partial charge < -0.3 is 9.84 Å². The zero-order valence-corrected chi connectivity index (χ0v) is 9.78. The molecular weight excluding hydrogens is 202 g/mol. The second kappa shape index (κ2) is 5.30. The van der Waals surface area contributed by atoms with E-state index >= 15 is 0 Å². The maximum absolute atomic E-state index is 9.16. The number of hydrogen-bond donors (Lipinski definition) is 1. The molecule has 1 N–H and O–H groups in total. The molecule has 2 rings (SSSR count). The zero-order chi connectivity index (χ0) is 11.4. The quantitative estimate of drug-likeness (QED) is 0.830. The largest absolute Gasteiger partial charge is 0.493 e. The van der Waals surface area contributed by atoms with Gasteiger partial charge in [0.25, 0.3) is 0 Å². The summed E-state index contributed by atoms with van der Waals surface area (Å²) in [6.45, 7) is 2.67. The van der Waals surface area contributed by atoms with Gasteiger partial charge in [-0.2, -0.15) is 0 Å². The number of hydrogen-bond acceptors (Lipinski definition) is 3. The van der Waals surface area contributed by atoms with Gasteiger partial charge in [0.05, 0.1) is 13.2 Å². The van der Waals surface area contributed by atoms with Gasteiger partial charge in [-0.1, -0.05) is 19.3 Å². The predicted octanol–water partition coefficient (Wildman–Crippen LogP) is 2.45. The maximum Gasteiger partial charge on any atom is 0.128 e. The molecule has 1 aromatic heterocycles. The molecule has 0 atom stereocenters. The molecule has 0 amide bonds. The van der Waals surface area contributed by atoms with Crippen LogP contribution in [0.2, 0.25) is 0 Å². The summed E-state index contributed by atoms with van der Waals surface area (Å²) in [6.07, 6.45) is 6.90. The van der Waals surface area contributed by atoms with Crippen LogP contribution in [-0.4, -0.2) is 16.7 Å². The molecule has 88 valence electrons. The van der Waals surface area contributed by atoms with E-state index in [0.717, 1.165) is 36.0 Å². The molecule has 1 heterocycles. The summed E-state index contributed by atoms with van der Waals surface area (Å²) in [6, 6.07) is 1.90. The molecule has 0 radical (unpaired) electrons. The Balaban J connectivity index is 1.88. The van der Waals surface area contributed by atoms with Gasteiger partial charge in [-0.25, -0.2) is 0 Å². The highest BCUT2D eigenvalue weighted by Crippen LogP contribution is 2.29. The predicted molar refractivity (Wildman–Crippen MR) is 62.3 cm³/mol. The van der Waals surface area contributed by atoms with E-state index in [1.165, 1.54) is 19.3 Å². The lowest BCUT2D eigenvalue weighted by Crippen LogP contribution is -2.14. The number of aliphatic hydroxyl groups excluding tert-OH is 1. The van der Waals surface area contributed by atoms with Gasteiger partial charge in [0.2, 0.25) is 0 Å². The van der Waals surface area contributed by atoms with Crippen molar-refractivity contribution in [1.29, 1.82) is 0 Å². The van der Waals surface area contributed by atoms with Crippen molar-refractivity contribution in [2.45, 2.75) is 39.2 Å². The molecule has 0 unspecified atom stereocenters. The summed E-state index contributed by atoms with van der Waals surface area (Å²) in [5.41, 5.74) is 1.70. The molecule has 0 spiro atoms. The Kier molecular flexibility index (Phi) is 3.78. The van der Waals surface area contributed by atoms with Crippen molar-refractivity contribution in [1.82, 2.24) is 4.98 Å². The minimum absolute atomic E-state index is 0.00789. The number of aromatic nitrogens is 1. The fourth-order valence-corrected chi connectivity index (χ4v) is 1.93. The van der Waals surface area contributed by atoms with E-state index in [0.29, 0.717) is 0 Å². The van der Waals surface area contributed by atoms with E-state index in [-0.39, 0.29) is 6.61 Å². The van der Waals surface area contributed by atoms with Crippen LogP contribution < -0.4 is 4.74 Å². The van der Waals surface area contributed by atoms with Crippen LogP contribution in [0.25, 0.3) is 0 Å². The zero-order valence-electron chi connectivity index (χ0n) is 9.78. The second-order valence-corrected chi connectivity index (χ2v) is 4.53. The van der Waals surface area contributed by atoms with Gasteiger partial charge in [-0.3, -0.25) is 4.98 Å². The summed E-state index contributed by atoms with van der Waals surface area (Å²) < 4.78 is 5.72. The summed E-state index contributed by atoms with van der Waals surface area (Å²) in [5.74, 6) is 1.65. The van der Waals surface area contributed by atoms with Crippen LogP contribution in [0, 0.1) is 12.8 Å². The first-order valence-corrected chi connectivity index (χ1v) is 5.99. The molecule has 3 nitrogen and oxygen atoms in total. The fraction of sp³-hybridized carbons (Fsp3) is 0.615. The Bertz CT molecular complexity index is 348. The van der Waals surface area contributed by atoms with E-state index in [1.807, 2.05) is 13.0 Å². The third-order valence-electron chi connectivity index (χ3n) is 3.26. The third-order valence-corrected chi connectivity index (χ3v) is 3.26. The molecule has 0 aliphatic heterocycles. The molecule has 16 heavy (non-hydrogen) atoms. The van der Waals surface area contributed by atoms with Gasteiger partial charge in [-0.15, -0.1) is 0 Å². The number of rotatable bonds is 5. The van der Waals surface area contributed by atoms with Crippen LogP contribution in [0.3, 0.4) is 0 Å². The highest BCUT2D eigenvalue weighted by Gasteiger charge is 2.17. The lowest BCUT2D eigenvalue weighted by Gasteiger charge is -2.25. The van der Waals surface area contributed by atoms with E-state index in [1.54, 1.807) is 6.20 Å². The molecule has 1 aromatic rings. The van der Waals surface area contributed by atoms with Gasteiger partial charge in [0.15, 0.2) is 0 Å². The lowest BCUT2D eigenvalue weighted by molar-refractivity contribution is 0.214. The number of aryl methyl sites for hydroxylation is 1. The normalized spacial score (nSPS) is 15.9. The van der Waals surface area contributed by atoms with Gasteiger partial charge in [-0.05, 0) is 19.3 Å². The fourth-order valence-electron chi connectivity index (χ4n) is 1.93. The van der Waals surface area contributed by atoms with Crippen LogP contribution in [0.4, 0.5) is 0 Å². The Hall–Kier alpha value is -1.09. The van der Waals surface area contributed by atoms with Crippen molar-refractivity contribution in [3.63, 3.8) is 0 Å². The second-order valence-electron chi connectivity index (χ2n) is 4.53. The molecule has 0 bridgehead atoms. The molecule has 1 aliphatic carbocycles. The number of aliphatic hydroxyl groups is 1. The lowest BCUT2D eigenvalue weighted by atomic mass is 9.83. The first-order chi connectivity index (χ1) is 7.79. The maximum atomic E-state index is 9.16. The van der Waals surface area contributed by atoms with Crippen LogP contribution in [-0.2, 0) is 6.61 Å². The summed E-state index contributed by atoms with van der Waals surface area (Å²) >= 11 is 0. The van der Waals surface area contributed by atoms with Crippen molar-refractivity contribution in [2.24, 2.45) is 5.92 Å². The standard InChI is InChI=1S/C13H19NO2/c1-10-7-13(12(9-15)8-14-10)16-6-5-11-3-2-4-11/h7-8,11,15H,2-6,9H2,1H3. The van der Waals surface area contributed by atoms with Crippen molar-refractivity contribution in [2.75, 3.05) is 6.61 Å². The number of pyridine rings is 1. The van der Waals surface area contributed by atoms with Crippen molar-refractivity contribution in [3.8, 4) is 5.75 Å². The van der Waals surface area contributed by atoms with Crippen molar-refractivity contribution < 1.29 is 9.84 Å². The molecule has 1 saturated carbocycles. The highest BCUT2D eigenvalue weighted by molar-refractivity contribution is 5.32. The summed E-state index contributed by atoms with van der Waals surface area (Å²) in [5, 5.41) is 9.16. The number of ether oxygens (including phenoxy) is 1. The smallest absolute Gasteiger partial charge is 0.128 e. The molecular formula is C13H19NO2. The summed E-state index contributed by atoms with van der Waals surface area (Å²) in [4.78, 5) is 4.14. The SMILES string of the molecule is Cc1cc(OCCC2CCC2)c(CO)cn1. The van der Waals surface area contributed by atoms with Crippen LogP contribution in [0.5, 0.6) is 5.75 Å². The molecule has 0 saturated heterocycles. The van der Waals surface area contributed by atoms with Crippen LogP contribution >= 0.6 is 0 Å². The highest BCUT2D eigenvalue weighted by atomic mass is 16.5. The van der Waals surface area contributed by atoms with Gasteiger partial charge in [0, 0.05) is 23.5 Å². The monoisotopic (exact) mass is 221 g/mol. The van der Waals surface area contributed by atoms with Crippen LogP contribution in [0.15, 0.2) is 12.3 Å². The Morgan fingerprint density at radius 1 is 1.50 bits per heavy atom. The average molecular weight is 221 g/mol. The topological polar surface area (TPSA) is 42.4 Å². The molecule has 0 aromatic carbocycles. The Morgan fingerprint density at radius 2 is 2.31 bits per heavy atom. The van der Waals surface area contributed by atoms with Gasteiger partial charge in [0.1, 0.15) is 5.75 Å².